The Morgan fingerprint density at radius 1 is 1.38 bits per heavy atom. The number of hydrogen-bond acceptors (Lipinski definition) is 5. The van der Waals surface area contributed by atoms with E-state index in [1.165, 1.54) is 0 Å². The van der Waals surface area contributed by atoms with Gasteiger partial charge >= 0.3 is 5.69 Å². The summed E-state index contributed by atoms with van der Waals surface area (Å²) in [4.78, 5) is 21.3. The molecule has 1 aromatic rings. The highest BCUT2D eigenvalue weighted by molar-refractivity contribution is 5.98. The van der Waals surface area contributed by atoms with E-state index in [0.717, 1.165) is 12.1 Å². The zero-order chi connectivity index (χ0) is 12.5. The van der Waals surface area contributed by atoms with E-state index in [2.05, 4.69) is 0 Å². The number of nitro groups is 1. The van der Waals surface area contributed by atoms with Crippen LogP contribution in [0.1, 0.15) is 24.2 Å². The Morgan fingerprint density at radius 2 is 1.94 bits per heavy atom. The number of nitrogens with zero attached hydrogens (tertiary/aromatic N) is 1. The van der Waals surface area contributed by atoms with Crippen LogP contribution in [0.25, 0.3) is 0 Å². The van der Waals surface area contributed by atoms with E-state index in [4.69, 9.17) is 0 Å². The van der Waals surface area contributed by atoms with Crippen molar-refractivity contribution >= 4 is 11.5 Å². The third kappa shape index (κ3) is 2.10. The summed E-state index contributed by atoms with van der Waals surface area (Å²) in [5.74, 6) is -2.18. The van der Waals surface area contributed by atoms with Crippen molar-refractivity contribution in [1.29, 1.82) is 0 Å². The van der Waals surface area contributed by atoms with Gasteiger partial charge in [-0.3, -0.25) is 14.9 Å². The fourth-order valence-corrected chi connectivity index (χ4v) is 1.22. The van der Waals surface area contributed by atoms with Crippen LogP contribution in [-0.4, -0.2) is 20.9 Å². The molecule has 1 aromatic carbocycles. The summed E-state index contributed by atoms with van der Waals surface area (Å²) in [6.07, 6.45) is 0. The van der Waals surface area contributed by atoms with Crippen molar-refractivity contribution in [3.05, 3.63) is 27.8 Å². The molecule has 0 fully saturated rings. The Hall–Kier alpha value is -2.11. The number of ketones is 1. The Bertz CT molecular complexity index is 453. The minimum Gasteiger partial charge on any atom is -0.504 e. The highest BCUT2D eigenvalue weighted by Crippen LogP contribution is 2.36. The van der Waals surface area contributed by atoms with Crippen LogP contribution in [0.2, 0.25) is 0 Å². The number of phenolic OH excluding ortho intramolecular Hbond substituents is 2. The Morgan fingerprint density at radius 3 is 2.38 bits per heavy atom. The summed E-state index contributed by atoms with van der Waals surface area (Å²) < 4.78 is 0. The van der Waals surface area contributed by atoms with Gasteiger partial charge in [0.1, 0.15) is 0 Å². The van der Waals surface area contributed by atoms with Crippen LogP contribution in [0.15, 0.2) is 12.1 Å². The molecule has 0 spiro atoms. The monoisotopic (exact) mass is 225 g/mol. The van der Waals surface area contributed by atoms with Gasteiger partial charge in [0.2, 0.25) is 5.75 Å². The van der Waals surface area contributed by atoms with E-state index in [-0.39, 0.29) is 17.3 Å². The molecule has 86 valence electrons. The smallest absolute Gasteiger partial charge is 0.315 e. The van der Waals surface area contributed by atoms with Crippen LogP contribution in [0.4, 0.5) is 5.69 Å². The first-order valence-electron chi connectivity index (χ1n) is 4.59. The lowest BCUT2D eigenvalue weighted by Gasteiger charge is -2.06. The third-order valence-corrected chi connectivity index (χ3v) is 2.08. The Balaban J connectivity index is 3.35. The molecular weight excluding hydrogens is 214 g/mol. The Kier molecular flexibility index (Phi) is 3.12. The number of nitro benzene ring substituents is 1. The van der Waals surface area contributed by atoms with E-state index in [0.29, 0.717) is 0 Å². The number of carbonyl (C=O) groups excluding carboxylic acids is 1. The number of Topliss-reactive ketones (excluding diaryl/α,β-unsaturated/α-hetero) is 1. The number of phenols is 2. The van der Waals surface area contributed by atoms with Crippen LogP contribution < -0.4 is 0 Å². The van der Waals surface area contributed by atoms with Crippen molar-refractivity contribution in [2.75, 3.05) is 0 Å². The third-order valence-electron chi connectivity index (χ3n) is 2.08. The van der Waals surface area contributed by atoms with E-state index in [1.807, 2.05) is 0 Å². The van der Waals surface area contributed by atoms with Gasteiger partial charge in [0, 0.05) is 17.5 Å². The topological polar surface area (TPSA) is 101 Å². The van der Waals surface area contributed by atoms with Crippen molar-refractivity contribution in [1.82, 2.24) is 0 Å². The molecule has 0 bridgehead atoms. The number of rotatable bonds is 3. The molecule has 0 aliphatic rings. The van der Waals surface area contributed by atoms with Gasteiger partial charge in [-0.2, -0.15) is 0 Å². The minimum absolute atomic E-state index is 0.0111. The maximum Gasteiger partial charge on any atom is 0.315 e. The zero-order valence-corrected chi connectivity index (χ0v) is 8.80. The minimum atomic E-state index is -0.855. The van der Waals surface area contributed by atoms with Gasteiger partial charge in [-0.15, -0.1) is 0 Å². The lowest BCUT2D eigenvalue weighted by Crippen LogP contribution is -2.07. The zero-order valence-electron chi connectivity index (χ0n) is 8.80. The second-order valence-corrected chi connectivity index (χ2v) is 3.64. The number of benzene rings is 1. The van der Waals surface area contributed by atoms with Crippen LogP contribution >= 0.6 is 0 Å². The van der Waals surface area contributed by atoms with Crippen LogP contribution in [-0.2, 0) is 0 Å². The van der Waals surface area contributed by atoms with Gasteiger partial charge in [-0.05, 0) is 6.07 Å². The average Bonchev–Trinajstić information content (AvgIpc) is 2.20. The number of hydrogen-bond donors (Lipinski definition) is 2. The summed E-state index contributed by atoms with van der Waals surface area (Å²) in [5, 5.41) is 29.0. The molecule has 0 amide bonds. The molecule has 0 heterocycles. The fraction of sp³-hybridized carbons (Fsp3) is 0.300. The van der Waals surface area contributed by atoms with Crippen molar-refractivity contribution in [3.63, 3.8) is 0 Å². The molecule has 0 aliphatic heterocycles. The first kappa shape index (κ1) is 12.0. The second kappa shape index (κ2) is 4.18. The molecule has 0 radical (unpaired) electrons. The van der Waals surface area contributed by atoms with Gasteiger partial charge < -0.3 is 10.2 Å². The largest absolute Gasteiger partial charge is 0.504 e. The van der Waals surface area contributed by atoms with E-state index in [1.54, 1.807) is 13.8 Å². The highest BCUT2D eigenvalue weighted by atomic mass is 16.6. The van der Waals surface area contributed by atoms with Gasteiger partial charge in [-0.25, -0.2) is 0 Å². The summed E-state index contributed by atoms with van der Waals surface area (Å²) >= 11 is 0. The number of aromatic hydroxyl groups is 2. The van der Waals surface area contributed by atoms with Crippen molar-refractivity contribution < 1.29 is 19.9 Å². The van der Waals surface area contributed by atoms with E-state index < -0.39 is 22.1 Å². The highest BCUT2D eigenvalue weighted by Gasteiger charge is 2.22. The average molecular weight is 225 g/mol. The molecule has 0 unspecified atom stereocenters. The normalized spacial score (nSPS) is 10.4. The maximum atomic E-state index is 11.6. The molecule has 1 rings (SSSR count). The molecule has 0 atom stereocenters. The predicted molar refractivity (Wildman–Crippen MR) is 55.6 cm³/mol. The quantitative estimate of drug-likeness (QED) is 0.354. The summed E-state index contributed by atoms with van der Waals surface area (Å²) in [7, 11) is 0. The van der Waals surface area contributed by atoms with Gasteiger partial charge in [0.05, 0.1) is 4.92 Å². The SMILES string of the molecule is CC(C)C(=O)c1cc(O)c(O)c([N+](=O)[O-])c1. The molecule has 2 N–H and O–H groups in total. The second-order valence-electron chi connectivity index (χ2n) is 3.64. The lowest BCUT2D eigenvalue weighted by molar-refractivity contribution is -0.386. The van der Waals surface area contributed by atoms with Crippen molar-refractivity contribution in [3.8, 4) is 11.5 Å². The molecular formula is C10H11NO5. The van der Waals surface area contributed by atoms with Crippen molar-refractivity contribution in [2.45, 2.75) is 13.8 Å². The number of carbonyl (C=O) groups is 1. The summed E-state index contributed by atoms with van der Waals surface area (Å²) in [5.41, 5.74) is -0.666. The fourth-order valence-electron chi connectivity index (χ4n) is 1.22. The van der Waals surface area contributed by atoms with Gasteiger partial charge in [0.15, 0.2) is 11.5 Å². The Labute approximate surface area is 91.3 Å². The van der Waals surface area contributed by atoms with Gasteiger partial charge in [0.25, 0.3) is 0 Å². The van der Waals surface area contributed by atoms with Crippen LogP contribution in [0.5, 0.6) is 11.5 Å². The molecule has 0 saturated heterocycles. The molecule has 0 aromatic heterocycles. The molecule has 0 saturated carbocycles. The molecule has 0 aliphatic carbocycles. The molecule has 16 heavy (non-hydrogen) atoms. The molecule has 6 heteroatoms. The van der Waals surface area contributed by atoms with Gasteiger partial charge in [-0.1, -0.05) is 13.8 Å². The lowest BCUT2D eigenvalue weighted by atomic mass is 10.00. The van der Waals surface area contributed by atoms with E-state index >= 15 is 0 Å². The summed E-state index contributed by atoms with van der Waals surface area (Å²) in [6.45, 7) is 3.27. The van der Waals surface area contributed by atoms with Crippen LogP contribution in [0.3, 0.4) is 0 Å². The van der Waals surface area contributed by atoms with Crippen LogP contribution in [0, 0.1) is 16.0 Å². The van der Waals surface area contributed by atoms with Crippen molar-refractivity contribution in [2.24, 2.45) is 5.92 Å². The molecule has 6 nitrogen and oxygen atoms in total. The van der Waals surface area contributed by atoms with E-state index in [9.17, 15) is 25.1 Å². The first-order valence-corrected chi connectivity index (χ1v) is 4.59. The predicted octanol–water partition coefficient (Wildman–Crippen LogP) is 1.84. The maximum absolute atomic E-state index is 11.6. The summed E-state index contributed by atoms with van der Waals surface area (Å²) in [6, 6.07) is 1.97. The standard InChI is InChI=1S/C10H11NO5/c1-5(2)9(13)6-3-7(11(15)16)10(14)8(12)4-6/h3-5,12,14H,1-2H3. The first-order chi connectivity index (χ1) is 7.34.